The number of nitrogens with two attached hydrogens (primary N) is 1. The zero-order chi connectivity index (χ0) is 27.0. The normalized spacial score (nSPS) is 19.7. The van der Waals surface area contributed by atoms with Crippen LogP contribution in [0.5, 0.6) is 5.75 Å². The van der Waals surface area contributed by atoms with Crippen LogP contribution in [-0.4, -0.2) is 33.6 Å². The molecule has 38 heavy (non-hydrogen) atoms. The van der Waals surface area contributed by atoms with Crippen molar-refractivity contribution in [3.63, 3.8) is 0 Å². The number of nitrogens with zero attached hydrogens (tertiary/aromatic N) is 2. The van der Waals surface area contributed by atoms with Crippen LogP contribution in [0.25, 0.3) is 16.8 Å². The lowest BCUT2D eigenvalue weighted by molar-refractivity contribution is 0.0503. The highest BCUT2D eigenvalue weighted by Crippen LogP contribution is 2.45. The van der Waals surface area contributed by atoms with Gasteiger partial charge in [0, 0.05) is 24.1 Å². The average Bonchev–Trinajstić information content (AvgIpc) is 3.37. The number of carbonyl (C=O) groups is 1. The molecule has 1 amide bonds. The Labute approximate surface area is 223 Å². The third-order valence-electron chi connectivity index (χ3n) is 7.32. The van der Waals surface area contributed by atoms with Gasteiger partial charge in [0.2, 0.25) is 0 Å². The second-order valence-corrected chi connectivity index (χ2v) is 11.5. The van der Waals surface area contributed by atoms with Gasteiger partial charge in [-0.1, -0.05) is 18.6 Å². The fraction of sp³-hybridized carbons (Fsp3) is 0.467. The number of hydrogen-bond donors (Lipinski definition) is 2. The van der Waals surface area contributed by atoms with Gasteiger partial charge in [-0.25, -0.2) is 13.9 Å². The first-order valence-corrected chi connectivity index (χ1v) is 13.5. The van der Waals surface area contributed by atoms with E-state index in [4.69, 9.17) is 15.2 Å². The van der Waals surface area contributed by atoms with Crippen molar-refractivity contribution in [2.24, 2.45) is 0 Å². The molecule has 3 N–H and O–H groups in total. The molecule has 3 aromatic rings. The largest absolute Gasteiger partial charge is 0.490 e. The van der Waals surface area contributed by atoms with Crippen molar-refractivity contribution < 1.29 is 18.7 Å². The van der Waals surface area contributed by atoms with Gasteiger partial charge in [0.25, 0.3) is 0 Å². The molecule has 0 radical (unpaired) electrons. The fourth-order valence-corrected chi connectivity index (χ4v) is 5.41. The standard InChI is InChI=1S/C30H37FN4O3/c1-18-15-27(32)35(34-18)21-12-14-26(37-22-13-11-20(16-22)33-29(36)38-30(2,3)4)24(17-21)23-9-6-10-25(31)28(23)19-7-5-8-19/h6,9-10,12,14-15,17,19-20,22H,5,7-8,11,13,16,32H2,1-4H3,(H,33,36)/t20-,22-/m1/s1. The number of nitrogen functional groups attached to an aromatic ring is 1. The number of aryl methyl sites for hydroxylation is 1. The van der Waals surface area contributed by atoms with Crippen LogP contribution < -0.4 is 15.8 Å². The van der Waals surface area contributed by atoms with Crippen molar-refractivity contribution in [1.29, 1.82) is 0 Å². The molecule has 0 bridgehead atoms. The van der Waals surface area contributed by atoms with E-state index in [1.54, 1.807) is 16.8 Å². The maximum absolute atomic E-state index is 15.2. The summed E-state index contributed by atoms with van der Waals surface area (Å²) in [6.45, 7) is 7.44. The number of alkyl carbamates (subject to hydrolysis) is 1. The van der Waals surface area contributed by atoms with Crippen LogP contribution in [0.4, 0.5) is 15.0 Å². The van der Waals surface area contributed by atoms with Crippen LogP contribution in [0, 0.1) is 12.7 Å². The van der Waals surface area contributed by atoms with Crippen molar-refractivity contribution in [3.05, 3.63) is 59.5 Å². The van der Waals surface area contributed by atoms with Crippen molar-refractivity contribution in [1.82, 2.24) is 15.1 Å². The molecule has 2 aliphatic rings. The fourth-order valence-electron chi connectivity index (χ4n) is 5.41. The van der Waals surface area contributed by atoms with Crippen molar-refractivity contribution in [3.8, 4) is 22.6 Å². The van der Waals surface area contributed by atoms with Gasteiger partial charge >= 0.3 is 6.09 Å². The Morgan fingerprint density at radius 2 is 1.89 bits per heavy atom. The zero-order valence-electron chi connectivity index (χ0n) is 22.6. The summed E-state index contributed by atoms with van der Waals surface area (Å²) in [6, 6.07) is 12.9. The van der Waals surface area contributed by atoms with E-state index in [9.17, 15) is 4.79 Å². The first-order chi connectivity index (χ1) is 18.1. The molecule has 2 aliphatic carbocycles. The van der Waals surface area contributed by atoms with Crippen LogP contribution in [0.1, 0.15) is 76.5 Å². The summed E-state index contributed by atoms with van der Waals surface area (Å²) in [5.41, 5.74) is 9.70. The predicted octanol–water partition coefficient (Wildman–Crippen LogP) is 6.66. The maximum atomic E-state index is 15.2. The van der Waals surface area contributed by atoms with Crippen LogP contribution in [0.15, 0.2) is 42.5 Å². The summed E-state index contributed by atoms with van der Waals surface area (Å²) in [6.07, 6.45) is 4.84. The number of aromatic nitrogens is 2. The molecule has 2 fully saturated rings. The summed E-state index contributed by atoms with van der Waals surface area (Å²) in [5.74, 6) is 1.24. The lowest BCUT2D eigenvalue weighted by Crippen LogP contribution is -2.38. The van der Waals surface area contributed by atoms with Crippen molar-refractivity contribution >= 4 is 11.9 Å². The minimum atomic E-state index is -0.547. The van der Waals surface area contributed by atoms with Crippen LogP contribution in [0.3, 0.4) is 0 Å². The topological polar surface area (TPSA) is 91.4 Å². The number of halogens is 1. The molecule has 2 saturated carbocycles. The summed E-state index contributed by atoms with van der Waals surface area (Å²) in [4.78, 5) is 12.3. The zero-order valence-corrected chi connectivity index (χ0v) is 22.6. The Morgan fingerprint density at radius 1 is 1.11 bits per heavy atom. The summed E-state index contributed by atoms with van der Waals surface area (Å²) >= 11 is 0. The molecule has 1 heterocycles. The van der Waals surface area contributed by atoms with E-state index in [0.717, 1.165) is 60.2 Å². The number of anilines is 1. The van der Waals surface area contributed by atoms with Gasteiger partial charge in [0.15, 0.2) is 0 Å². The van der Waals surface area contributed by atoms with Crippen molar-refractivity contribution in [2.45, 2.75) is 89.9 Å². The molecule has 0 spiro atoms. The predicted molar refractivity (Wildman–Crippen MR) is 146 cm³/mol. The van der Waals surface area contributed by atoms with Crippen LogP contribution in [0.2, 0.25) is 0 Å². The molecular weight excluding hydrogens is 483 g/mol. The first-order valence-electron chi connectivity index (χ1n) is 13.5. The molecule has 8 heteroatoms. The van der Waals surface area contributed by atoms with E-state index < -0.39 is 11.7 Å². The lowest BCUT2D eigenvalue weighted by atomic mass is 9.77. The molecule has 202 valence electrons. The number of carbonyl (C=O) groups excluding carboxylic acids is 1. The molecule has 7 nitrogen and oxygen atoms in total. The molecule has 0 unspecified atom stereocenters. The van der Waals surface area contributed by atoms with Crippen LogP contribution >= 0.6 is 0 Å². The van der Waals surface area contributed by atoms with E-state index >= 15 is 4.39 Å². The molecule has 2 aromatic carbocycles. The third kappa shape index (κ3) is 5.64. The number of rotatable bonds is 6. The maximum Gasteiger partial charge on any atom is 0.407 e. The molecule has 1 aromatic heterocycles. The molecule has 2 atom stereocenters. The Balaban J connectivity index is 1.45. The van der Waals surface area contributed by atoms with Crippen LogP contribution in [-0.2, 0) is 4.74 Å². The molecule has 0 aliphatic heterocycles. The first kappa shape index (κ1) is 26.1. The molecular formula is C30H37FN4O3. The van der Waals surface area contributed by atoms with Gasteiger partial charge in [-0.2, -0.15) is 5.10 Å². The third-order valence-corrected chi connectivity index (χ3v) is 7.32. The van der Waals surface area contributed by atoms with E-state index in [-0.39, 0.29) is 23.9 Å². The smallest absolute Gasteiger partial charge is 0.407 e. The van der Waals surface area contributed by atoms with Gasteiger partial charge in [-0.15, -0.1) is 0 Å². The summed E-state index contributed by atoms with van der Waals surface area (Å²) in [7, 11) is 0. The lowest BCUT2D eigenvalue weighted by Gasteiger charge is -2.29. The number of amides is 1. The van der Waals surface area contributed by atoms with Gasteiger partial charge in [-0.3, -0.25) is 0 Å². The number of ether oxygens (including phenoxy) is 2. The molecule has 0 saturated heterocycles. The Morgan fingerprint density at radius 3 is 2.55 bits per heavy atom. The number of nitrogens with one attached hydrogen (secondary N) is 1. The minimum absolute atomic E-state index is 0.0240. The van der Waals surface area contributed by atoms with Gasteiger partial charge < -0.3 is 20.5 Å². The monoisotopic (exact) mass is 520 g/mol. The summed E-state index contributed by atoms with van der Waals surface area (Å²) in [5, 5.41) is 7.51. The highest BCUT2D eigenvalue weighted by Gasteiger charge is 2.31. The number of benzene rings is 2. The Kier molecular flexibility index (Phi) is 7.07. The van der Waals surface area contributed by atoms with E-state index in [1.165, 1.54) is 0 Å². The van der Waals surface area contributed by atoms with Gasteiger partial charge in [0.05, 0.1) is 11.4 Å². The van der Waals surface area contributed by atoms with E-state index in [2.05, 4.69) is 10.4 Å². The Hall–Kier alpha value is -3.55. The Bertz CT molecular complexity index is 1330. The van der Waals surface area contributed by atoms with Gasteiger partial charge in [-0.05, 0) is 94.7 Å². The van der Waals surface area contributed by atoms with E-state index in [0.29, 0.717) is 18.0 Å². The SMILES string of the molecule is Cc1cc(N)n(-c2ccc(O[C@@H]3CC[C@@H](NC(=O)OC(C)(C)C)C3)c(-c3cccc(F)c3C3CCC3)c2)n1. The number of hydrogen-bond acceptors (Lipinski definition) is 5. The van der Waals surface area contributed by atoms with Gasteiger partial charge in [0.1, 0.15) is 29.1 Å². The van der Waals surface area contributed by atoms with Crippen molar-refractivity contribution in [2.75, 3.05) is 5.73 Å². The highest BCUT2D eigenvalue weighted by atomic mass is 19.1. The molecule has 5 rings (SSSR count). The average molecular weight is 521 g/mol. The summed E-state index contributed by atoms with van der Waals surface area (Å²) < 4.78 is 28.9. The quantitative estimate of drug-likeness (QED) is 0.379. The van der Waals surface area contributed by atoms with E-state index in [1.807, 2.05) is 58.0 Å². The highest BCUT2D eigenvalue weighted by molar-refractivity contribution is 5.76. The second-order valence-electron chi connectivity index (χ2n) is 11.5. The minimum Gasteiger partial charge on any atom is -0.490 e. The second kappa shape index (κ2) is 10.3.